The van der Waals surface area contributed by atoms with Gasteiger partial charge in [0.05, 0.1) is 42.6 Å². The summed E-state index contributed by atoms with van der Waals surface area (Å²) in [5.74, 6) is 0.279. The largest absolute Gasteiger partial charge is 0.378 e. The predicted octanol–water partition coefficient (Wildman–Crippen LogP) is 1.68. The number of hydrogen-bond donors (Lipinski definition) is 1. The number of aryl methyl sites for hydroxylation is 1. The monoisotopic (exact) mass is 401 g/mol. The molecule has 5 heterocycles. The van der Waals surface area contributed by atoms with E-state index in [2.05, 4.69) is 25.2 Å². The summed E-state index contributed by atoms with van der Waals surface area (Å²) in [7, 11) is 0. The van der Waals surface area contributed by atoms with Crippen molar-refractivity contribution in [3.05, 3.63) is 29.3 Å². The van der Waals surface area contributed by atoms with Crippen LogP contribution >= 0.6 is 11.3 Å². The van der Waals surface area contributed by atoms with Gasteiger partial charge in [0.15, 0.2) is 0 Å². The summed E-state index contributed by atoms with van der Waals surface area (Å²) in [5.41, 5.74) is 2.61. The zero-order chi connectivity index (χ0) is 19.1. The second kappa shape index (κ2) is 7.17. The summed E-state index contributed by atoms with van der Waals surface area (Å²) in [5, 5.41) is 13.0. The molecule has 28 heavy (non-hydrogen) atoms. The molecule has 1 amide bonds. The van der Waals surface area contributed by atoms with Gasteiger partial charge < -0.3 is 14.5 Å². The molecule has 0 aromatic carbocycles. The number of fused-ring (bicyclic) bond motifs is 1. The molecule has 0 aliphatic carbocycles. The lowest BCUT2D eigenvalue weighted by atomic mass is 9.92. The summed E-state index contributed by atoms with van der Waals surface area (Å²) in [4.78, 5) is 22.5. The van der Waals surface area contributed by atoms with Gasteiger partial charge in [-0.15, -0.1) is 5.10 Å². The zero-order valence-electron chi connectivity index (χ0n) is 15.8. The standard InChI is InChI=1S/C18H23N7O2S/c1-12-10-25-17(20-12)28-18(22-25)24-4-2-3-13(11-24)15-14(9-19-21-15)16(26)23-5-7-27-8-6-23/h9-10,13H,2-8,11H2,1H3,(H,19,21)/t13-/m1/s1. The molecule has 2 aliphatic heterocycles. The molecule has 2 aliphatic rings. The number of anilines is 1. The third-order valence-corrected chi connectivity index (χ3v) is 6.43. The zero-order valence-corrected chi connectivity index (χ0v) is 16.6. The van der Waals surface area contributed by atoms with Crippen molar-refractivity contribution in [2.75, 3.05) is 44.3 Å². The molecular formula is C18H23N7O2S. The van der Waals surface area contributed by atoms with Crippen LogP contribution in [0.5, 0.6) is 0 Å². The predicted molar refractivity (Wildman–Crippen MR) is 105 cm³/mol. The molecule has 3 aromatic heterocycles. The van der Waals surface area contributed by atoms with E-state index in [9.17, 15) is 4.79 Å². The maximum Gasteiger partial charge on any atom is 0.257 e. The van der Waals surface area contributed by atoms with Crippen LogP contribution in [0.15, 0.2) is 12.4 Å². The average Bonchev–Trinajstić information content (AvgIpc) is 3.43. The van der Waals surface area contributed by atoms with Crippen molar-refractivity contribution < 1.29 is 9.53 Å². The number of imidazole rings is 1. The van der Waals surface area contributed by atoms with Gasteiger partial charge in [-0.2, -0.15) is 5.10 Å². The van der Waals surface area contributed by atoms with Crippen molar-refractivity contribution in [3.8, 4) is 0 Å². The summed E-state index contributed by atoms with van der Waals surface area (Å²) in [6.07, 6.45) is 5.70. The quantitative estimate of drug-likeness (QED) is 0.718. The molecular weight excluding hydrogens is 378 g/mol. The van der Waals surface area contributed by atoms with Gasteiger partial charge in [0.25, 0.3) is 5.91 Å². The molecule has 10 heteroatoms. The highest BCUT2D eigenvalue weighted by molar-refractivity contribution is 7.20. The number of carbonyl (C=O) groups is 1. The van der Waals surface area contributed by atoms with Gasteiger partial charge >= 0.3 is 0 Å². The molecule has 148 valence electrons. The summed E-state index contributed by atoms with van der Waals surface area (Å²) >= 11 is 1.61. The Balaban J connectivity index is 1.36. The van der Waals surface area contributed by atoms with Crippen LogP contribution in [0.1, 0.15) is 40.5 Å². The second-order valence-electron chi connectivity index (χ2n) is 7.38. The molecule has 0 spiro atoms. The Morgan fingerprint density at radius 3 is 3.00 bits per heavy atom. The fraction of sp³-hybridized carbons (Fsp3) is 0.556. The molecule has 1 atom stereocenters. The highest BCUT2D eigenvalue weighted by atomic mass is 32.1. The van der Waals surface area contributed by atoms with E-state index in [1.807, 2.05) is 22.5 Å². The first-order valence-corrected chi connectivity index (χ1v) is 10.5. The Labute approximate surface area is 166 Å². The van der Waals surface area contributed by atoms with Gasteiger partial charge in [0.1, 0.15) is 0 Å². The molecule has 2 fully saturated rings. The number of nitrogens with zero attached hydrogens (tertiary/aromatic N) is 6. The Kier molecular flexibility index (Phi) is 4.52. The fourth-order valence-corrected chi connectivity index (χ4v) is 4.99. The Hall–Kier alpha value is -2.46. The molecule has 3 aromatic rings. The number of hydrogen-bond acceptors (Lipinski definition) is 7. The van der Waals surface area contributed by atoms with Crippen LogP contribution in [0.25, 0.3) is 4.96 Å². The maximum atomic E-state index is 13.0. The van der Waals surface area contributed by atoms with E-state index in [-0.39, 0.29) is 11.8 Å². The molecule has 9 nitrogen and oxygen atoms in total. The van der Waals surface area contributed by atoms with Gasteiger partial charge in [-0.3, -0.25) is 9.89 Å². The first-order chi connectivity index (χ1) is 13.7. The second-order valence-corrected chi connectivity index (χ2v) is 8.32. The normalized spacial score (nSPS) is 20.8. The number of aromatic amines is 1. The molecule has 0 unspecified atom stereocenters. The first-order valence-electron chi connectivity index (χ1n) is 9.67. The van der Waals surface area contributed by atoms with Crippen molar-refractivity contribution in [2.45, 2.75) is 25.7 Å². The fourth-order valence-electron chi connectivity index (χ4n) is 4.03. The lowest BCUT2D eigenvalue weighted by Gasteiger charge is -2.32. The van der Waals surface area contributed by atoms with E-state index in [0.717, 1.165) is 47.4 Å². The number of H-pyrrole nitrogens is 1. The number of piperidine rings is 1. The van der Waals surface area contributed by atoms with Crippen molar-refractivity contribution in [1.29, 1.82) is 0 Å². The number of rotatable bonds is 3. The molecule has 0 saturated carbocycles. The topological polar surface area (TPSA) is 91.6 Å². The van der Waals surface area contributed by atoms with Crippen LogP contribution in [0.4, 0.5) is 5.13 Å². The minimum atomic E-state index is 0.0485. The molecule has 0 radical (unpaired) electrons. The minimum Gasteiger partial charge on any atom is -0.378 e. The van der Waals surface area contributed by atoms with E-state index in [4.69, 9.17) is 4.74 Å². The van der Waals surface area contributed by atoms with Crippen LogP contribution in [0.2, 0.25) is 0 Å². The maximum absolute atomic E-state index is 13.0. The van der Waals surface area contributed by atoms with Crippen LogP contribution in [-0.4, -0.2) is 75.0 Å². The number of amides is 1. The minimum absolute atomic E-state index is 0.0485. The molecule has 0 bridgehead atoms. The molecule has 1 N–H and O–H groups in total. The lowest BCUT2D eigenvalue weighted by Crippen LogP contribution is -2.41. The van der Waals surface area contributed by atoms with Crippen molar-refractivity contribution >= 4 is 27.3 Å². The number of morpholine rings is 1. The summed E-state index contributed by atoms with van der Waals surface area (Å²) in [6.45, 7) is 6.23. The SMILES string of the molecule is Cc1cn2nc(N3CCC[C@@H](c4[nH]ncc4C(=O)N4CCOCC4)C3)sc2n1. The Morgan fingerprint density at radius 1 is 1.32 bits per heavy atom. The highest BCUT2D eigenvalue weighted by Gasteiger charge is 2.30. The van der Waals surface area contributed by atoms with Gasteiger partial charge in [-0.05, 0) is 19.8 Å². The van der Waals surface area contributed by atoms with Gasteiger partial charge in [-0.25, -0.2) is 9.50 Å². The lowest BCUT2D eigenvalue weighted by molar-refractivity contribution is 0.0302. The highest BCUT2D eigenvalue weighted by Crippen LogP contribution is 2.33. The van der Waals surface area contributed by atoms with Gasteiger partial charge in [0.2, 0.25) is 10.1 Å². The smallest absolute Gasteiger partial charge is 0.257 e. The van der Waals surface area contributed by atoms with Crippen molar-refractivity contribution in [3.63, 3.8) is 0 Å². The van der Waals surface area contributed by atoms with E-state index in [0.29, 0.717) is 31.9 Å². The first kappa shape index (κ1) is 17.6. The van der Waals surface area contributed by atoms with Gasteiger partial charge in [-0.1, -0.05) is 11.3 Å². The van der Waals surface area contributed by atoms with Crippen LogP contribution < -0.4 is 4.90 Å². The van der Waals surface area contributed by atoms with E-state index in [1.54, 1.807) is 17.5 Å². The third kappa shape index (κ3) is 3.16. The van der Waals surface area contributed by atoms with Crippen LogP contribution in [0.3, 0.4) is 0 Å². The van der Waals surface area contributed by atoms with Crippen LogP contribution in [-0.2, 0) is 4.74 Å². The number of carbonyl (C=O) groups excluding carboxylic acids is 1. The molecule has 5 rings (SSSR count). The average molecular weight is 401 g/mol. The number of aromatic nitrogens is 5. The Morgan fingerprint density at radius 2 is 2.18 bits per heavy atom. The van der Waals surface area contributed by atoms with E-state index >= 15 is 0 Å². The van der Waals surface area contributed by atoms with Gasteiger partial charge in [0, 0.05) is 32.1 Å². The summed E-state index contributed by atoms with van der Waals surface area (Å²) in [6, 6.07) is 0. The van der Waals surface area contributed by atoms with E-state index in [1.165, 1.54) is 0 Å². The van der Waals surface area contributed by atoms with Crippen LogP contribution in [0, 0.1) is 6.92 Å². The van der Waals surface area contributed by atoms with E-state index < -0.39 is 0 Å². The van der Waals surface area contributed by atoms with Crippen molar-refractivity contribution in [1.82, 2.24) is 29.7 Å². The number of nitrogens with one attached hydrogen (secondary N) is 1. The van der Waals surface area contributed by atoms with Crippen molar-refractivity contribution in [2.24, 2.45) is 0 Å². The third-order valence-electron chi connectivity index (χ3n) is 5.45. The Bertz CT molecular complexity index is 956. The summed E-state index contributed by atoms with van der Waals surface area (Å²) < 4.78 is 7.22. The molecule has 2 saturated heterocycles. The number of ether oxygens (including phenoxy) is 1.